The van der Waals surface area contributed by atoms with Crippen LogP contribution in [0.1, 0.15) is 36.9 Å². The lowest BCUT2D eigenvalue weighted by atomic mass is 10.1. The molecule has 170 valence electrons. The number of para-hydroxylation sites is 1. The van der Waals surface area contributed by atoms with E-state index in [0.29, 0.717) is 23.0 Å². The minimum atomic E-state index is -0.300. The molecule has 0 saturated carbocycles. The van der Waals surface area contributed by atoms with Crippen LogP contribution in [0.5, 0.6) is 0 Å². The molecule has 1 N–H and O–H groups in total. The van der Waals surface area contributed by atoms with Gasteiger partial charge in [0.1, 0.15) is 6.07 Å². The van der Waals surface area contributed by atoms with Crippen LogP contribution < -0.4 is 5.32 Å². The number of benzene rings is 2. The van der Waals surface area contributed by atoms with E-state index in [1.54, 1.807) is 18.2 Å². The number of carbonyl (C=O) groups is 1. The number of piperazine rings is 1. The topological polar surface area (TPSA) is 98.3 Å². The van der Waals surface area contributed by atoms with E-state index in [0.717, 1.165) is 31.7 Å². The molecule has 1 amide bonds. The summed E-state index contributed by atoms with van der Waals surface area (Å²) in [6.45, 7) is 9.08. The van der Waals surface area contributed by atoms with Crippen molar-refractivity contribution in [1.82, 2.24) is 19.9 Å². The van der Waals surface area contributed by atoms with Crippen molar-refractivity contribution < 1.29 is 9.32 Å². The molecule has 8 nitrogen and oxygen atoms in total. The molecule has 2 atom stereocenters. The summed E-state index contributed by atoms with van der Waals surface area (Å²) in [5.74, 6) is 1.08. The summed E-state index contributed by atoms with van der Waals surface area (Å²) in [6, 6.07) is 16.9. The summed E-state index contributed by atoms with van der Waals surface area (Å²) in [5.41, 5.74) is 3.13. The number of carbonyl (C=O) groups excluding carboxylic acids is 1. The Morgan fingerprint density at radius 1 is 1.06 bits per heavy atom. The van der Waals surface area contributed by atoms with Gasteiger partial charge in [-0.25, -0.2) is 0 Å². The highest BCUT2D eigenvalue weighted by atomic mass is 16.5. The standard InChI is InChI=1S/C25H28N6O2/c1-17-8-10-20(11-9-17)23-28-25(33-29-23)19(3)31-14-12-30(13-15-31)18(2)24(32)27-22-7-5-4-6-21(22)16-26/h4-11,18-19H,12-15H2,1-3H3,(H,27,32). The Balaban J connectivity index is 1.33. The zero-order valence-electron chi connectivity index (χ0n) is 19.2. The first-order valence-corrected chi connectivity index (χ1v) is 11.1. The van der Waals surface area contributed by atoms with E-state index in [2.05, 4.69) is 38.3 Å². The Kier molecular flexibility index (Phi) is 6.82. The van der Waals surface area contributed by atoms with Gasteiger partial charge in [0.2, 0.25) is 17.6 Å². The highest BCUT2D eigenvalue weighted by molar-refractivity contribution is 5.95. The number of nitriles is 1. The monoisotopic (exact) mass is 444 g/mol. The fourth-order valence-electron chi connectivity index (χ4n) is 3.99. The van der Waals surface area contributed by atoms with Crippen molar-refractivity contribution >= 4 is 11.6 Å². The third-order valence-corrected chi connectivity index (χ3v) is 6.24. The molecule has 2 aromatic carbocycles. The second-order valence-electron chi connectivity index (χ2n) is 8.39. The first-order valence-electron chi connectivity index (χ1n) is 11.1. The summed E-state index contributed by atoms with van der Waals surface area (Å²) in [4.78, 5) is 21.8. The Morgan fingerprint density at radius 2 is 1.73 bits per heavy atom. The molecule has 1 aliphatic heterocycles. The quantitative estimate of drug-likeness (QED) is 0.620. The first-order chi connectivity index (χ1) is 16.0. The summed E-state index contributed by atoms with van der Waals surface area (Å²) >= 11 is 0. The van der Waals surface area contributed by atoms with Crippen LogP contribution in [-0.4, -0.2) is 58.1 Å². The van der Waals surface area contributed by atoms with E-state index in [-0.39, 0.29) is 18.0 Å². The van der Waals surface area contributed by atoms with Crippen LogP contribution in [0.15, 0.2) is 53.1 Å². The molecule has 0 radical (unpaired) electrons. The predicted octanol–water partition coefficient (Wildman–Crippen LogP) is 3.62. The zero-order chi connectivity index (χ0) is 23.4. The first kappa shape index (κ1) is 22.6. The summed E-state index contributed by atoms with van der Waals surface area (Å²) in [5, 5.41) is 16.3. The molecule has 0 aliphatic carbocycles. The second-order valence-corrected chi connectivity index (χ2v) is 8.39. The van der Waals surface area contributed by atoms with Gasteiger partial charge in [0.25, 0.3) is 0 Å². The van der Waals surface area contributed by atoms with E-state index in [1.807, 2.05) is 44.2 Å². The maximum atomic E-state index is 12.8. The van der Waals surface area contributed by atoms with Gasteiger partial charge in [-0.15, -0.1) is 0 Å². The molecular weight excluding hydrogens is 416 g/mol. The molecule has 4 rings (SSSR count). The normalized spacial score (nSPS) is 16.7. The van der Waals surface area contributed by atoms with E-state index < -0.39 is 0 Å². The van der Waals surface area contributed by atoms with Crippen LogP contribution in [0.2, 0.25) is 0 Å². The molecule has 2 heterocycles. The number of amides is 1. The lowest BCUT2D eigenvalue weighted by Crippen LogP contribution is -2.53. The average molecular weight is 445 g/mol. The van der Waals surface area contributed by atoms with Crippen LogP contribution in [-0.2, 0) is 4.79 Å². The van der Waals surface area contributed by atoms with Crippen molar-refractivity contribution in [2.24, 2.45) is 0 Å². The van der Waals surface area contributed by atoms with Crippen LogP contribution in [0.4, 0.5) is 5.69 Å². The van der Waals surface area contributed by atoms with Gasteiger partial charge < -0.3 is 9.84 Å². The molecule has 0 bridgehead atoms. The van der Waals surface area contributed by atoms with Crippen molar-refractivity contribution in [2.45, 2.75) is 32.9 Å². The molecule has 2 unspecified atom stereocenters. The molecule has 0 spiro atoms. The molecule has 1 aliphatic rings. The van der Waals surface area contributed by atoms with Gasteiger partial charge in [-0.1, -0.05) is 47.1 Å². The lowest BCUT2D eigenvalue weighted by Gasteiger charge is -2.39. The van der Waals surface area contributed by atoms with E-state index >= 15 is 0 Å². The Labute approximate surface area is 193 Å². The van der Waals surface area contributed by atoms with Crippen molar-refractivity contribution in [3.05, 3.63) is 65.5 Å². The average Bonchev–Trinajstić information content (AvgIpc) is 3.34. The Hall–Kier alpha value is -3.54. The third-order valence-electron chi connectivity index (χ3n) is 6.24. The molecule has 1 aromatic heterocycles. The van der Waals surface area contributed by atoms with Crippen LogP contribution in [0.3, 0.4) is 0 Å². The fraction of sp³-hybridized carbons (Fsp3) is 0.360. The van der Waals surface area contributed by atoms with Crippen molar-refractivity contribution in [2.75, 3.05) is 31.5 Å². The third kappa shape index (κ3) is 5.11. The van der Waals surface area contributed by atoms with Gasteiger partial charge in [-0.3, -0.25) is 14.6 Å². The number of aryl methyl sites for hydroxylation is 1. The summed E-state index contributed by atoms with van der Waals surface area (Å²) in [6.07, 6.45) is 0. The van der Waals surface area contributed by atoms with E-state index in [9.17, 15) is 10.1 Å². The van der Waals surface area contributed by atoms with E-state index in [1.165, 1.54) is 5.56 Å². The number of nitrogens with one attached hydrogen (secondary N) is 1. The highest BCUT2D eigenvalue weighted by Gasteiger charge is 2.30. The second kappa shape index (κ2) is 9.94. The van der Waals surface area contributed by atoms with Gasteiger partial charge in [0.15, 0.2) is 0 Å². The largest absolute Gasteiger partial charge is 0.337 e. The van der Waals surface area contributed by atoms with E-state index in [4.69, 9.17) is 4.52 Å². The van der Waals surface area contributed by atoms with Crippen LogP contribution in [0.25, 0.3) is 11.4 Å². The molecule has 1 fully saturated rings. The number of anilines is 1. The number of aromatic nitrogens is 2. The SMILES string of the molecule is Cc1ccc(-c2noc(C(C)N3CCN(C(C)C(=O)Nc4ccccc4C#N)CC3)n2)cc1. The summed E-state index contributed by atoms with van der Waals surface area (Å²) in [7, 11) is 0. The van der Waals surface area contributed by atoms with Gasteiger partial charge in [0.05, 0.1) is 23.3 Å². The number of nitrogens with zero attached hydrogens (tertiary/aromatic N) is 5. The van der Waals surface area contributed by atoms with Gasteiger partial charge in [-0.2, -0.15) is 10.2 Å². The lowest BCUT2D eigenvalue weighted by molar-refractivity contribution is -0.121. The predicted molar refractivity (Wildman–Crippen MR) is 125 cm³/mol. The number of hydrogen-bond donors (Lipinski definition) is 1. The summed E-state index contributed by atoms with van der Waals surface area (Å²) < 4.78 is 5.56. The maximum Gasteiger partial charge on any atom is 0.244 e. The molecule has 3 aromatic rings. The highest BCUT2D eigenvalue weighted by Crippen LogP contribution is 2.24. The smallest absolute Gasteiger partial charge is 0.244 e. The minimum Gasteiger partial charge on any atom is -0.337 e. The fourth-order valence-corrected chi connectivity index (χ4v) is 3.99. The van der Waals surface area contributed by atoms with Gasteiger partial charge in [0, 0.05) is 31.7 Å². The van der Waals surface area contributed by atoms with Crippen LogP contribution in [0, 0.1) is 18.3 Å². The van der Waals surface area contributed by atoms with Crippen LogP contribution >= 0.6 is 0 Å². The molecule has 8 heteroatoms. The Morgan fingerprint density at radius 3 is 2.42 bits per heavy atom. The zero-order valence-corrected chi connectivity index (χ0v) is 19.2. The Bertz CT molecular complexity index is 1140. The minimum absolute atomic E-state index is 0.00881. The molecule has 33 heavy (non-hydrogen) atoms. The maximum absolute atomic E-state index is 12.8. The van der Waals surface area contributed by atoms with Crippen molar-refractivity contribution in [1.29, 1.82) is 5.26 Å². The van der Waals surface area contributed by atoms with Gasteiger partial charge in [-0.05, 0) is 32.9 Å². The van der Waals surface area contributed by atoms with Crippen molar-refractivity contribution in [3.63, 3.8) is 0 Å². The number of hydrogen-bond acceptors (Lipinski definition) is 7. The molecule has 1 saturated heterocycles. The van der Waals surface area contributed by atoms with Gasteiger partial charge >= 0.3 is 0 Å². The number of rotatable bonds is 6. The molecular formula is C25H28N6O2. The van der Waals surface area contributed by atoms with Crippen molar-refractivity contribution in [3.8, 4) is 17.5 Å².